The maximum Gasteiger partial charge on any atom is 0.0668 e. The van der Waals surface area contributed by atoms with Gasteiger partial charge in [-0.1, -0.05) is 24.6 Å². The third-order valence-electron chi connectivity index (χ3n) is 3.45. The zero-order valence-corrected chi connectivity index (χ0v) is 12.5. The van der Waals surface area contributed by atoms with Crippen molar-refractivity contribution in [3.05, 3.63) is 28.8 Å². The van der Waals surface area contributed by atoms with Crippen LogP contribution in [0.15, 0.2) is 18.2 Å². The smallest absolute Gasteiger partial charge is 0.0668 e. The van der Waals surface area contributed by atoms with Crippen LogP contribution in [0.5, 0.6) is 0 Å². The quantitative estimate of drug-likeness (QED) is 0.840. The number of benzene rings is 1. The summed E-state index contributed by atoms with van der Waals surface area (Å²) in [6.07, 6.45) is 1.15. The minimum atomic E-state index is 0.385. The molecule has 1 fully saturated rings. The van der Waals surface area contributed by atoms with Crippen LogP contribution in [0.4, 0.5) is 5.69 Å². The van der Waals surface area contributed by atoms with Gasteiger partial charge in [0.15, 0.2) is 0 Å². The Morgan fingerprint density at radius 2 is 2.32 bits per heavy atom. The van der Waals surface area contributed by atoms with Gasteiger partial charge in [-0.15, -0.1) is 0 Å². The number of ether oxygens (including phenoxy) is 1. The summed E-state index contributed by atoms with van der Waals surface area (Å²) in [6, 6.07) is 6.75. The Morgan fingerprint density at radius 3 is 3.00 bits per heavy atom. The Hall–Kier alpha value is -0.770. The standard InChI is InChI=1S/C15H23ClN2O/c1-3-6-17-10-13-4-5-15(14(16)9-13)18-7-8-19-11-12(18)2/h4-5,9,12,17H,3,6-8,10-11H2,1-2H3. The van der Waals surface area contributed by atoms with Crippen molar-refractivity contribution in [2.75, 3.05) is 31.2 Å². The van der Waals surface area contributed by atoms with Gasteiger partial charge in [0.2, 0.25) is 0 Å². The van der Waals surface area contributed by atoms with Crippen molar-refractivity contribution >= 4 is 17.3 Å². The zero-order valence-electron chi connectivity index (χ0n) is 11.8. The van der Waals surface area contributed by atoms with Gasteiger partial charge in [-0.25, -0.2) is 0 Å². The highest BCUT2D eigenvalue weighted by atomic mass is 35.5. The lowest BCUT2D eigenvalue weighted by Crippen LogP contribution is -2.43. The molecule has 1 aliphatic rings. The second-order valence-electron chi connectivity index (χ2n) is 5.08. The van der Waals surface area contributed by atoms with Gasteiger partial charge in [-0.3, -0.25) is 0 Å². The minimum Gasteiger partial charge on any atom is -0.377 e. The molecule has 1 heterocycles. The molecule has 1 N–H and O–H groups in total. The highest BCUT2D eigenvalue weighted by molar-refractivity contribution is 6.33. The van der Waals surface area contributed by atoms with Crippen LogP contribution in [-0.2, 0) is 11.3 Å². The Balaban J connectivity index is 2.05. The van der Waals surface area contributed by atoms with E-state index in [1.165, 1.54) is 5.56 Å². The first-order valence-corrected chi connectivity index (χ1v) is 7.43. The molecule has 0 aromatic heterocycles. The molecule has 1 aromatic rings. The lowest BCUT2D eigenvalue weighted by Gasteiger charge is -2.35. The Labute approximate surface area is 120 Å². The monoisotopic (exact) mass is 282 g/mol. The minimum absolute atomic E-state index is 0.385. The van der Waals surface area contributed by atoms with E-state index >= 15 is 0 Å². The molecular formula is C15H23ClN2O. The summed E-state index contributed by atoms with van der Waals surface area (Å²) in [7, 11) is 0. The van der Waals surface area contributed by atoms with Crippen LogP contribution in [0, 0.1) is 0 Å². The summed E-state index contributed by atoms with van der Waals surface area (Å²) < 4.78 is 5.47. The predicted octanol–water partition coefficient (Wildman–Crippen LogP) is 3.06. The molecule has 1 saturated heterocycles. The molecule has 1 aromatic carbocycles. The fourth-order valence-corrected chi connectivity index (χ4v) is 2.70. The lowest BCUT2D eigenvalue weighted by atomic mass is 10.1. The molecule has 19 heavy (non-hydrogen) atoms. The number of hydrogen-bond acceptors (Lipinski definition) is 3. The van der Waals surface area contributed by atoms with Gasteiger partial charge in [0.1, 0.15) is 0 Å². The van der Waals surface area contributed by atoms with Gasteiger partial charge >= 0.3 is 0 Å². The van der Waals surface area contributed by atoms with Crippen LogP contribution < -0.4 is 10.2 Å². The second-order valence-corrected chi connectivity index (χ2v) is 5.49. The van der Waals surface area contributed by atoms with E-state index in [4.69, 9.17) is 16.3 Å². The van der Waals surface area contributed by atoms with E-state index in [-0.39, 0.29) is 0 Å². The first kappa shape index (κ1) is 14.6. The summed E-state index contributed by atoms with van der Waals surface area (Å²) in [4.78, 5) is 2.33. The SMILES string of the molecule is CCCNCc1ccc(N2CCOCC2C)c(Cl)c1. The van der Waals surface area contributed by atoms with Crippen LogP contribution >= 0.6 is 11.6 Å². The fourth-order valence-electron chi connectivity index (χ4n) is 2.39. The fraction of sp³-hybridized carbons (Fsp3) is 0.600. The summed E-state index contributed by atoms with van der Waals surface area (Å²) >= 11 is 6.43. The van der Waals surface area contributed by atoms with E-state index in [1.807, 2.05) is 0 Å². The normalized spacial score (nSPS) is 19.7. The van der Waals surface area contributed by atoms with Gasteiger partial charge < -0.3 is 15.0 Å². The number of anilines is 1. The number of nitrogens with zero attached hydrogens (tertiary/aromatic N) is 1. The van der Waals surface area contributed by atoms with Crippen LogP contribution in [0.25, 0.3) is 0 Å². The number of hydrogen-bond donors (Lipinski definition) is 1. The molecular weight excluding hydrogens is 260 g/mol. The van der Waals surface area contributed by atoms with Gasteiger partial charge in [0.25, 0.3) is 0 Å². The number of halogens is 1. The Kier molecular flexibility index (Phi) is 5.49. The third-order valence-corrected chi connectivity index (χ3v) is 3.75. The molecule has 0 radical (unpaired) electrons. The molecule has 0 bridgehead atoms. The Bertz CT molecular complexity index is 411. The maximum atomic E-state index is 6.43. The average Bonchev–Trinajstić information content (AvgIpc) is 2.40. The number of morpholine rings is 1. The molecule has 0 spiro atoms. The zero-order chi connectivity index (χ0) is 13.7. The molecule has 0 amide bonds. The van der Waals surface area contributed by atoms with E-state index in [0.717, 1.165) is 50.0 Å². The van der Waals surface area contributed by atoms with Crippen LogP contribution in [0.2, 0.25) is 5.02 Å². The van der Waals surface area contributed by atoms with Gasteiger partial charge in [0.05, 0.1) is 23.9 Å². The van der Waals surface area contributed by atoms with E-state index in [0.29, 0.717) is 6.04 Å². The van der Waals surface area contributed by atoms with Gasteiger partial charge in [0, 0.05) is 19.1 Å². The van der Waals surface area contributed by atoms with E-state index in [9.17, 15) is 0 Å². The van der Waals surface area contributed by atoms with Crippen molar-refractivity contribution in [3.8, 4) is 0 Å². The molecule has 1 unspecified atom stereocenters. The van der Waals surface area contributed by atoms with Crippen LogP contribution in [0.1, 0.15) is 25.8 Å². The molecule has 0 saturated carbocycles. The Morgan fingerprint density at radius 1 is 1.47 bits per heavy atom. The maximum absolute atomic E-state index is 6.43. The highest BCUT2D eigenvalue weighted by Gasteiger charge is 2.20. The first-order valence-electron chi connectivity index (χ1n) is 7.06. The molecule has 3 nitrogen and oxygen atoms in total. The number of rotatable bonds is 5. The predicted molar refractivity (Wildman–Crippen MR) is 81.1 cm³/mol. The average molecular weight is 283 g/mol. The van der Waals surface area contributed by atoms with Crippen LogP contribution in [-0.4, -0.2) is 32.3 Å². The van der Waals surface area contributed by atoms with E-state index in [2.05, 4.69) is 42.3 Å². The van der Waals surface area contributed by atoms with E-state index in [1.54, 1.807) is 0 Å². The van der Waals surface area contributed by atoms with Gasteiger partial charge in [-0.2, -0.15) is 0 Å². The second kappa shape index (κ2) is 7.13. The van der Waals surface area contributed by atoms with Crippen molar-refractivity contribution in [1.29, 1.82) is 0 Å². The third kappa shape index (κ3) is 3.85. The van der Waals surface area contributed by atoms with Crippen molar-refractivity contribution < 1.29 is 4.74 Å². The lowest BCUT2D eigenvalue weighted by molar-refractivity contribution is 0.0989. The summed E-state index contributed by atoms with van der Waals surface area (Å²) in [5.41, 5.74) is 2.36. The molecule has 4 heteroatoms. The van der Waals surface area contributed by atoms with Crippen molar-refractivity contribution in [1.82, 2.24) is 5.32 Å². The first-order chi connectivity index (χ1) is 9.22. The van der Waals surface area contributed by atoms with Crippen molar-refractivity contribution in [3.63, 3.8) is 0 Å². The van der Waals surface area contributed by atoms with Crippen LogP contribution in [0.3, 0.4) is 0 Å². The largest absolute Gasteiger partial charge is 0.377 e. The van der Waals surface area contributed by atoms with Crippen molar-refractivity contribution in [2.45, 2.75) is 32.9 Å². The van der Waals surface area contributed by atoms with E-state index < -0.39 is 0 Å². The highest BCUT2D eigenvalue weighted by Crippen LogP contribution is 2.29. The molecule has 1 atom stereocenters. The summed E-state index contributed by atoms with van der Waals surface area (Å²) in [6.45, 7) is 8.73. The summed E-state index contributed by atoms with van der Waals surface area (Å²) in [5, 5.41) is 4.23. The summed E-state index contributed by atoms with van der Waals surface area (Å²) in [5.74, 6) is 0. The van der Waals surface area contributed by atoms with Gasteiger partial charge in [-0.05, 0) is 37.6 Å². The molecule has 1 aliphatic heterocycles. The van der Waals surface area contributed by atoms with Crippen molar-refractivity contribution in [2.24, 2.45) is 0 Å². The molecule has 0 aliphatic carbocycles. The molecule has 106 valence electrons. The molecule has 2 rings (SSSR count). The topological polar surface area (TPSA) is 24.5 Å². The number of nitrogens with one attached hydrogen (secondary N) is 1.